The minimum atomic E-state index is -0.131. The van der Waals surface area contributed by atoms with Gasteiger partial charge in [-0.25, -0.2) is 4.39 Å². The molecule has 2 atom stereocenters. The van der Waals surface area contributed by atoms with Gasteiger partial charge in [-0.2, -0.15) is 0 Å². The highest BCUT2D eigenvalue weighted by Crippen LogP contribution is 2.23. The van der Waals surface area contributed by atoms with Crippen LogP contribution in [0.2, 0.25) is 0 Å². The van der Waals surface area contributed by atoms with E-state index >= 15 is 0 Å². The Morgan fingerprint density at radius 3 is 2.76 bits per heavy atom. The molecule has 0 amide bonds. The predicted octanol–water partition coefficient (Wildman–Crippen LogP) is 2.45. The van der Waals surface area contributed by atoms with Gasteiger partial charge < -0.3 is 5.73 Å². The van der Waals surface area contributed by atoms with Crippen molar-refractivity contribution in [3.63, 3.8) is 0 Å². The minimum Gasteiger partial charge on any atom is -0.326 e. The van der Waals surface area contributed by atoms with Crippen molar-refractivity contribution in [2.45, 2.75) is 44.8 Å². The van der Waals surface area contributed by atoms with Crippen LogP contribution in [0.4, 0.5) is 4.39 Å². The van der Waals surface area contributed by atoms with Gasteiger partial charge in [-0.05, 0) is 44.0 Å². The Bertz CT molecular complexity index is 392. The first-order valence-corrected chi connectivity index (χ1v) is 6.29. The molecule has 2 unspecified atom stereocenters. The summed E-state index contributed by atoms with van der Waals surface area (Å²) in [5, 5.41) is 0. The summed E-state index contributed by atoms with van der Waals surface area (Å²) < 4.78 is 13.2. The summed E-state index contributed by atoms with van der Waals surface area (Å²) in [7, 11) is 2.11. The lowest BCUT2D eigenvalue weighted by Crippen LogP contribution is -2.41. The molecule has 3 heteroatoms. The van der Waals surface area contributed by atoms with Crippen LogP contribution in [0.25, 0.3) is 0 Å². The lowest BCUT2D eigenvalue weighted by molar-refractivity contribution is 0.220. The van der Waals surface area contributed by atoms with Crippen molar-refractivity contribution in [2.75, 3.05) is 7.05 Å². The summed E-state index contributed by atoms with van der Waals surface area (Å²) in [5.41, 5.74) is 7.96. The molecule has 0 radical (unpaired) electrons. The fourth-order valence-corrected chi connectivity index (χ4v) is 2.73. The van der Waals surface area contributed by atoms with Crippen molar-refractivity contribution >= 4 is 0 Å². The van der Waals surface area contributed by atoms with Gasteiger partial charge in [0.2, 0.25) is 0 Å². The molecule has 2 nitrogen and oxygen atoms in total. The molecule has 0 heterocycles. The lowest BCUT2D eigenvalue weighted by Gasteiger charge is -2.27. The molecule has 1 aliphatic carbocycles. The van der Waals surface area contributed by atoms with Gasteiger partial charge in [0.25, 0.3) is 0 Å². The Kier molecular flexibility index (Phi) is 3.79. The van der Waals surface area contributed by atoms with E-state index in [9.17, 15) is 4.39 Å². The predicted molar refractivity (Wildman–Crippen MR) is 68.2 cm³/mol. The number of benzene rings is 1. The maximum absolute atomic E-state index is 13.2. The molecule has 0 bridgehead atoms. The first-order chi connectivity index (χ1) is 8.08. The van der Waals surface area contributed by atoms with Crippen molar-refractivity contribution < 1.29 is 4.39 Å². The second-order valence-electron chi connectivity index (χ2n) is 5.16. The summed E-state index contributed by atoms with van der Waals surface area (Å²) in [6, 6.07) is 6.10. The van der Waals surface area contributed by atoms with Crippen LogP contribution in [0, 0.1) is 12.7 Å². The number of hydrogen-bond donors (Lipinski definition) is 1. The van der Waals surface area contributed by atoms with E-state index in [1.807, 2.05) is 12.1 Å². The summed E-state index contributed by atoms with van der Waals surface area (Å²) in [5.74, 6) is -0.131. The van der Waals surface area contributed by atoms with Crippen LogP contribution in [-0.2, 0) is 6.54 Å². The lowest BCUT2D eigenvalue weighted by atomic mass is 10.1. The largest absolute Gasteiger partial charge is 0.326 e. The Balaban J connectivity index is 2.02. The second kappa shape index (κ2) is 5.15. The smallest absolute Gasteiger partial charge is 0.126 e. The van der Waals surface area contributed by atoms with Crippen molar-refractivity contribution in [3.8, 4) is 0 Å². The van der Waals surface area contributed by atoms with Gasteiger partial charge in [0, 0.05) is 18.6 Å². The van der Waals surface area contributed by atoms with Crippen LogP contribution < -0.4 is 5.73 Å². The van der Waals surface area contributed by atoms with E-state index in [0.717, 1.165) is 18.5 Å². The van der Waals surface area contributed by atoms with E-state index in [4.69, 9.17) is 5.73 Å². The number of likely N-dealkylation sites (N-methyl/N-ethyl adjacent to an activating group) is 1. The average Bonchev–Trinajstić information content (AvgIpc) is 2.70. The quantitative estimate of drug-likeness (QED) is 0.873. The zero-order valence-corrected chi connectivity index (χ0v) is 10.6. The second-order valence-corrected chi connectivity index (χ2v) is 5.16. The van der Waals surface area contributed by atoms with Crippen LogP contribution in [0.3, 0.4) is 0 Å². The van der Waals surface area contributed by atoms with Crippen LogP contribution in [0.5, 0.6) is 0 Å². The molecule has 94 valence electrons. The number of nitrogens with two attached hydrogens (primary N) is 1. The molecule has 1 saturated carbocycles. The summed E-state index contributed by atoms with van der Waals surface area (Å²) >= 11 is 0. The third kappa shape index (κ3) is 2.85. The monoisotopic (exact) mass is 236 g/mol. The van der Waals surface area contributed by atoms with Gasteiger partial charge in [-0.15, -0.1) is 0 Å². The normalized spacial score (nSPS) is 24.5. The van der Waals surface area contributed by atoms with Crippen LogP contribution >= 0.6 is 0 Å². The Hall–Kier alpha value is -0.930. The first-order valence-electron chi connectivity index (χ1n) is 6.29. The number of hydrogen-bond acceptors (Lipinski definition) is 2. The number of rotatable bonds is 3. The van der Waals surface area contributed by atoms with Crippen molar-refractivity contribution in [2.24, 2.45) is 5.73 Å². The van der Waals surface area contributed by atoms with Gasteiger partial charge in [0.05, 0.1) is 0 Å². The molecule has 1 fully saturated rings. The molecule has 17 heavy (non-hydrogen) atoms. The third-order valence-electron chi connectivity index (χ3n) is 3.75. The van der Waals surface area contributed by atoms with E-state index in [1.54, 1.807) is 13.0 Å². The molecule has 1 aliphatic rings. The van der Waals surface area contributed by atoms with E-state index in [-0.39, 0.29) is 5.82 Å². The Morgan fingerprint density at radius 2 is 2.18 bits per heavy atom. The van der Waals surface area contributed by atoms with Gasteiger partial charge in [-0.3, -0.25) is 4.90 Å². The molecule has 1 aromatic rings. The first kappa shape index (κ1) is 12.5. The summed E-state index contributed by atoms with van der Waals surface area (Å²) in [6.07, 6.45) is 3.52. The number of nitrogens with zero attached hydrogens (tertiary/aromatic N) is 1. The van der Waals surface area contributed by atoms with Gasteiger partial charge in [-0.1, -0.05) is 18.6 Å². The fourth-order valence-electron chi connectivity index (χ4n) is 2.73. The molecule has 2 rings (SSSR count). The van der Waals surface area contributed by atoms with Gasteiger partial charge >= 0.3 is 0 Å². The molecule has 1 aromatic carbocycles. The molecular formula is C14H21FN2. The molecule has 2 N–H and O–H groups in total. The maximum Gasteiger partial charge on any atom is 0.126 e. The zero-order valence-electron chi connectivity index (χ0n) is 10.6. The Morgan fingerprint density at radius 1 is 1.41 bits per heavy atom. The molecular weight excluding hydrogens is 215 g/mol. The van der Waals surface area contributed by atoms with Crippen LogP contribution in [0.1, 0.15) is 30.4 Å². The standard InChI is InChI=1S/C14H21FN2/c1-10-8-11(6-7-12(10)15)9-17(2)14-5-3-4-13(14)16/h6-8,13-14H,3-5,9,16H2,1-2H3. The highest BCUT2D eigenvalue weighted by atomic mass is 19.1. The Labute approximate surface area is 103 Å². The number of aryl methyl sites for hydroxylation is 1. The van der Waals surface area contributed by atoms with E-state index < -0.39 is 0 Å². The van der Waals surface area contributed by atoms with Crippen molar-refractivity contribution in [1.29, 1.82) is 0 Å². The average molecular weight is 236 g/mol. The van der Waals surface area contributed by atoms with Crippen LogP contribution in [-0.4, -0.2) is 24.0 Å². The SMILES string of the molecule is Cc1cc(CN(C)C2CCCC2N)ccc1F. The van der Waals surface area contributed by atoms with Crippen LogP contribution in [0.15, 0.2) is 18.2 Å². The summed E-state index contributed by atoms with van der Waals surface area (Å²) in [4.78, 5) is 2.30. The highest BCUT2D eigenvalue weighted by Gasteiger charge is 2.27. The number of halogens is 1. The van der Waals surface area contributed by atoms with Gasteiger partial charge in [0.15, 0.2) is 0 Å². The molecule has 0 saturated heterocycles. The van der Waals surface area contributed by atoms with E-state index in [1.165, 1.54) is 12.8 Å². The van der Waals surface area contributed by atoms with Crippen molar-refractivity contribution in [3.05, 3.63) is 35.1 Å². The van der Waals surface area contributed by atoms with E-state index in [0.29, 0.717) is 17.6 Å². The van der Waals surface area contributed by atoms with Gasteiger partial charge in [0.1, 0.15) is 5.82 Å². The highest BCUT2D eigenvalue weighted by molar-refractivity contribution is 5.23. The molecule has 0 aromatic heterocycles. The minimum absolute atomic E-state index is 0.131. The maximum atomic E-state index is 13.2. The van der Waals surface area contributed by atoms with E-state index in [2.05, 4.69) is 11.9 Å². The third-order valence-corrected chi connectivity index (χ3v) is 3.75. The summed E-state index contributed by atoms with van der Waals surface area (Å²) in [6.45, 7) is 2.65. The zero-order chi connectivity index (χ0) is 12.4. The molecule has 0 aliphatic heterocycles. The topological polar surface area (TPSA) is 29.3 Å². The molecule has 0 spiro atoms. The van der Waals surface area contributed by atoms with Crippen molar-refractivity contribution in [1.82, 2.24) is 4.90 Å². The fraction of sp³-hybridized carbons (Fsp3) is 0.571.